The number of rotatable bonds is 6. The van der Waals surface area contributed by atoms with Gasteiger partial charge in [0.1, 0.15) is 12.7 Å². The number of ether oxygens (including phenoxy) is 5. The van der Waals surface area contributed by atoms with Crippen molar-refractivity contribution in [1.82, 2.24) is 4.90 Å². The molecule has 0 aromatic carbocycles. The molecule has 238 valence electrons. The van der Waals surface area contributed by atoms with Crippen molar-refractivity contribution in [3.63, 3.8) is 0 Å². The van der Waals surface area contributed by atoms with Crippen LogP contribution in [0.5, 0.6) is 0 Å². The van der Waals surface area contributed by atoms with Gasteiger partial charge in [-0.15, -0.1) is 0 Å². The van der Waals surface area contributed by atoms with Gasteiger partial charge in [-0.3, -0.25) is 28.9 Å². The summed E-state index contributed by atoms with van der Waals surface area (Å²) in [6.45, 7) is 19.5. The van der Waals surface area contributed by atoms with Gasteiger partial charge in [-0.2, -0.15) is 0 Å². The number of nitrogens with zero attached hydrogens (tertiary/aromatic N) is 1. The summed E-state index contributed by atoms with van der Waals surface area (Å²) in [4.78, 5) is 66.9. The summed E-state index contributed by atoms with van der Waals surface area (Å²) >= 11 is 0. The van der Waals surface area contributed by atoms with Gasteiger partial charge < -0.3 is 23.7 Å². The van der Waals surface area contributed by atoms with Gasteiger partial charge in [0.05, 0.1) is 21.7 Å². The minimum atomic E-state index is -1.41. The van der Waals surface area contributed by atoms with E-state index in [4.69, 9.17) is 23.7 Å². The lowest BCUT2D eigenvalue weighted by Gasteiger charge is -2.48. The second-order valence-electron chi connectivity index (χ2n) is 15.0. The average Bonchev–Trinajstić information content (AvgIpc) is 2.82. The van der Waals surface area contributed by atoms with Crippen LogP contribution in [0.3, 0.4) is 0 Å². The molecule has 0 saturated carbocycles. The zero-order valence-electron chi connectivity index (χ0n) is 27.2. The van der Waals surface area contributed by atoms with Crippen molar-refractivity contribution >= 4 is 29.8 Å². The van der Waals surface area contributed by atoms with E-state index in [9.17, 15) is 24.0 Å². The summed E-state index contributed by atoms with van der Waals surface area (Å²) in [7, 11) is 0. The number of hydrogen-bond acceptors (Lipinski definition) is 10. The second-order valence-corrected chi connectivity index (χ2v) is 15.0. The third-order valence-corrected chi connectivity index (χ3v) is 6.52. The zero-order chi connectivity index (χ0) is 32.4. The molecule has 1 saturated heterocycles. The SMILES string of the molecule is CC(C)(C)C(=O)OC[C@H]1O[C@@H](N2C=CCCC2=O)[C@H](OC(=O)C(C)(C)C)[C@@H](OC(=O)C(C)(C)C)[C@H]1OC(=O)C(C)(C)C. The summed E-state index contributed by atoms with van der Waals surface area (Å²) in [6, 6.07) is 0. The molecule has 0 radical (unpaired) electrons. The van der Waals surface area contributed by atoms with Crippen LogP contribution in [0.1, 0.15) is 95.9 Å². The Morgan fingerprint density at radius 3 is 1.57 bits per heavy atom. The smallest absolute Gasteiger partial charge is 0.311 e. The van der Waals surface area contributed by atoms with Crippen molar-refractivity contribution in [1.29, 1.82) is 0 Å². The lowest BCUT2D eigenvalue weighted by atomic mass is 9.92. The molecule has 42 heavy (non-hydrogen) atoms. The normalized spacial score (nSPS) is 25.5. The van der Waals surface area contributed by atoms with E-state index in [0.717, 1.165) is 0 Å². The third kappa shape index (κ3) is 9.02. The molecule has 0 bridgehead atoms. The Kier molecular flexibility index (Phi) is 10.7. The number of carbonyl (C=O) groups is 5. The molecule has 2 heterocycles. The molecular weight excluding hydrogens is 546 g/mol. The quantitative estimate of drug-likeness (QED) is 0.323. The van der Waals surface area contributed by atoms with E-state index in [2.05, 4.69) is 0 Å². The van der Waals surface area contributed by atoms with E-state index in [-0.39, 0.29) is 18.9 Å². The lowest BCUT2D eigenvalue weighted by molar-refractivity contribution is -0.277. The van der Waals surface area contributed by atoms with E-state index >= 15 is 0 Å². The molecule has 5 atom stereocenters. The van der Waals surface area contributed by atoms with Crippen LogP contribution in [-0.4, -0.2) is 71.9 Å². The van der Waals surface area contributed by atoms with E-state index in [0.29, 0.717) is 6.42 Å². The fraction of sp³-hybridized carbons (Fsp3) is 0.774. The molecule has 1 fully saturated rings. The van der Waals surface area contributed by atoms with Gasteiger partial charge in [-0.1, -0.05) is 6.08 Å². The van der Waals surface area contributed by atoms with Crippen LogP contribution in [0.2, 0.25) is 0 Å². The van der Waals surface area contributed by atoms with E-state index in [1.54, 1.807) is 89.2 Å². The zero-order valence-corrected chi connectivity index (χ0v) is 27.2. The highest BCUT2D eigenvalue weighted by Gasteiger charge is 2.56. The van der Waals surface area contributed by atoms with E-state index < -0.39 is 76.2 Å². The van der Waals surface area contributed by atoms with E-state index in [1.165, 1.54) is 11.1 Å². The summed E-state index contributed by atoms with van der Waals surface area (Å²) in [6.07, 6.45) is -2.63. The lowest BCUT2D eigenvalue weighted by Crippen LogP contribution is -2.67. The molecule has 0 aliphatic carbocycles. The predicted molar refractivity (Wildman–Crippen MR) is 152 cm³/mol. The Labute approximate surface area is 249 Å². The van der Waals surface area contributed by atoms with Crippen molar-refractivity contribution < 1.29 is 47.7 Å². The van der Waals surface area contributed by atoms with Gasteiger partial charge in [0.25, 0.3) is 0 Å². The van der Waals surface area contributed by atoms with Gasteiger partial charge in [0.2, 0.25) is 5.91 Å². The Bertz CT molecular complexity index is 1070. The standard InChI is InChI=1S/C31H49NO10/c1-28(2,3)24(34)38-17-18-20(40-25(35)29(4,5)6)21(41-26(36)30(7,8)9)22(42-27(37)31(10,11)12)23(39-18)32-16-14-13-15-19(32)33/h14,16,18,20-23H,13,15,17H2,1-12H3/t18-,20+,21+,22-,23-/m1/s1. The van der Waals surface area contributed by atoms with Gasteiger partial charge in [0, 0.05) is 12.6 Å². The Hall–Kier alpha value is -2.95. The van der Waals surface area contributed by atoms with E-state index in [1.807, 2.05) is 0 Å². The van der Waals surface area contributed by atoms with Crippen LogP contribution >= 0.6 is 0 Å². The van der Waals surface area contributed by atoms with Gasteiger partial charge in [0.15, 0.2) is 24.5 Å². The van der Waals surface area contributed by atoms with Crippen LogP contribution in [0.15, 0.2) is 12.3 Å². The Balaban J connectivity index is 2.73. The first-order valence-electron chi connectivity index (χ1n) is 14.4. The maximum Gasteiger partial charge on any atom is 0.311 e. The van der Waals surface area contributed by atoms with Crippen LogP contribution in [0.4, 0.5) is 0 Å². The van der Waals surface area contributed by atoms with Crippen LogP contribution in [-0.2, 0) is 47.7 Å². The molecular formula is C31H49NO10. The fourth-order valence-electron chi connectivity index (χ4n) is 3.76. The molecule has 2 rings (SSSR count). The Morgan fingerprint density at radius 2 is 1.14 bits per heavy atom. The monoisotopic (exact) mass is 595 g/mol. The third-order valence-electron chi connectivity index (χ3n) is 6.52. The first-order valence-corrected chi connectivity index (χ1v) is 14.4. The van der Waals surface area contributed by atoms with Crippen molar-refractivity contribution in [2.75, 3.05) is 6.61 Å². The summed E-state index contributed by atoms with van der Waals surface area (Å²) in [5.74, 6) is -2.80. The summed E-state index contributed by atoms with van der Waals surface area (Å²) in [5, 5.41) is 0. The molecule has 2 aliphatic rings. The molecule has 0 aromatic heterocycles. The minimum Gasteiger partial charge on any atom is -0.462 e. The van der Waals surface area contributed by atoms with Gasteiger partial charge in [-0.25, -0.2) is 0 Å². The van der Waals surface area contributed by atoms with Crippen molar-refractivity contribution in [2.24, 2.45) is 21.7 Å². The largest absolute Gasteiger partial charge is 0.462 e. The first kappa shape index (κ1) is 35.2. The van der Waals surface area contributed by atoms with Crippen LogP contribution < -0.4 is 0 Å². The highest BCUT2D eigenvalue weighted by molar-refractivity contribution is 5.80. The molecule has 1 amide bonds. The predicted octanol–water partition coefficient (Wildman–Crippen LogP) is 4.31. The number of amides is 1. The average molecular weight is 596 g/mol. The number of esters is 4. The topological polar surface area (TPSA) is 135 Å². The maximum absolute atomic E-state index is 13.3. The fourth-order valence-corrected chi connectivity index (χ4v) is 3.76. The summed E-state index contributed by atoms with van der Waals surface area (Å²) in [5.41, 5.74) is -3.77. The molecule has 2 aliphatic heterocycles. The molecule has 11 nitrogen and oxygen atoms in total. The molecule has 0 unspecified atom stereocenters. The molecule has 11 heteroatoms. The Morgan fingerprint density at radius 1 is 0.714 bits per heavy atom. The first-order chi connectivity index (χ1) is 18.9. The van der Waals surface area contributed by atoms with Crippen LogP contribution in [0.25, 0.3) is 0 Å². The second kappa shape index (κ2) is 12.7. The molecule has 0 spiro atoms. The molecule has 0 aromatic rings. The van der Waals surface area contributed by atoms with Gasteiger partial charge in [-0.05, 0) is 89.5 Å². The highest BCUT2D eigenvalue weighted by Crippen LogP contribution is 2.36. The van der Waals surface area contributed by atoms with Crippen molar-refractivity contribution in [2.45, 2.75) is 127 Å². The van der Waals surface area contributed by atoms with Crippen molar-refractivity contribution in [3.8, 4) is 0 Å². The molecule has 0 N–H and O–H groups in total. The number of hydrogen-bond donors (Lipinski definition) is 0. The van der Waals surface area contributed by atoms with Gasteiger partial charge >= 0.3 is 23.9 Å². The van der Waals surface area contributed by atoms with Crippen molar-refractivity contribution in [3.05, 3.63) is 12.3 Å². The number of allylic oxidation sites excluding steroid dienone is 1. The number of carbonyl (C=O) groups excluding carboxylic acids is 5. The summed E-state index contributed by atoms with van der Waals surface area (Å²) < 4.78 is 29.8. The maximum atomic E-state index is 13.3. The highest BCUT2D eigenvalue weighted by atomic mass is 16.7. The van der Waals surface area contributed by atoms with Crippen LogP contribution in [0, 0.1) is 21.7 Å². The minimum absolute atomic E-state index is 0.175.